The normalized spacial score (nSPS) is 14.1. The van der Waals surface area contributed by atoms with Crippen molar-refractivity contribution >= 4 is 64.1 Å². The number of thioether (sulfide) groups is 1. The highest BCUT2D eigenvalue weighted by atomic mass is 35.5. The predicted octanol–water partition coefficient (Wildman–Crippen LogP) is 9.35. The highest BCUT2D eigenvalue weighted by Crippen LogP contribution is 2.38. The summed E-state index contributed by atoms with van der Waals surface area (Å²) in [5.41, 5.74) is 5.53. The molecule has 1 aliphatic heterocycles. The minimum Gasteiger partial charge on any atom is -0.489 e. The number of halogens is 3. The van der Waals surface area contributed by atoms with Gasteiger partial charge in [0.05, 0.1) is 5.57 Å². The molecule has 11 heteroatoms. The van der Waals surface area contributed by atoms with E-state index < -0.39 is 6.04 Å². The van der Waals surface area contributed by atoms with Gasteiger partial charge in [0.25, 0.3) is 5.91 Å². The molecule has 45 heavy (non-hydrogen) atoms. The van der Waals surface area contributed by atoms with Crippen LogP contribution in [0.3, 0.4) is 0 Å². The number of ether oxygens (including phenoxy) is 1. The topological polar surface area (TPSA) is 81.1 Å². The van der Waals surface area contributed by atoms with Gasteiger partial charge in [-0.15, -0.1) is 5.10 Å². The Morgan fingerprint density at radius 1 is 0.933 bits per heavy atom. The highest BCUT2D eigenvalue weighted by Gasteiger charge is 2.34. The van der Waals surface area contributed by atoms with Gasteiger partial charge < -0.3 is 15.4 Å². The van der Waals surface area contributed by atoms with Gasteiger partial charge in [-0.05, 0) is 73.0 Å². The maximum Gasteiger partial charge on any atom is 0.255 e. The van der Waals surface area contributed by atoms with Crippen LogP contribution >= 0.6 is 46.6 Å². The van der Waals surface area contributed by atoms with Crippen LogP contribution in [0.15, 0.2) is 107 Å². The smallest absolute Gasteiger partial charge is 0.255 e. The van der Waals surface area contributed by atoms with E-state index in [4.69, 9.17) is 49.6 Å². The number of nitrogens with one attached hydrogen (secondary N) is 2. The number of carbonyl (C=O) groups is 1. The van der Waals surface area contributed by atoms with E-state index >= 15 is 0 Å². The number of amides is 1. The minimum atomic E-state index is -0.587. The summed E-state index contributed by atoms with van der Waals surface area (Å²) in [6.07, 6.45) is 0. The largest absolute Gasteiger partial charge is 0.489 e. The predicted molar refractivity (Wildman–Crippen MR) is 183 cm³/mol. The standard InChI is InChI=1S/C34H28Cl3N5O2S/c1-20-7-5-10-26(15-20)39-32(43)30-21(2)38-33-40-34(45-19-24-8-3-4-12-28(24)36)41-42(33)31(30)22-9-6-11-27(16-22)44-18-23-13-14-25(35)17-29(23)37/h3-17,31H,18-19H2,1-2H3,(H,39,43)(H,38,40,41). The molecular formula is C34H28Cl3N5O2S. The molecule has 1 amide bonds. The second-order valence-electron chi connectivity index (χ2n) is 10.5. The monoisotopic (exact) mass is 675 g/mol. The fourth-order valence-corrected chi connectivity index (χ4v) is 6.63. The van der Waals surface area contributed by atoms with Crippen LogP contribution in [-0.2, 0) is 17.2 Å². The van der Waals surface area contributed by atoms with E-state index in [0.29, 0.717) is 54.6 Å². The fraction of sp³-hybridized carbons (Fsp3) is 0.147. The Balaban J connectivity index is 1.33. The molecule has 2 heterocycles. The number of hydrogen-bond acceptors (Lipinski definition) is 6. The summed E-state index contributed by atoms with van der Waals surface area (Å²) in [7, 11) is 0. The van der Waals surface area contributed by atoms with E-state index in [0.717, 1.165) is 22.3 Å². The van der Waals surface area contributed by atoms with Crippen molar-refractivity contribution in [2.75, 3.05) is 10.6 Å². The Kier molecular flexibility index (Phi) is 9.37. The molecule has 5 aromatic rings. The second-order valence-corrected chi connectivity index (χ2v) is 12.7. The van der Waals surface area contributed by atoms with Crippen molar-refractivity contribution in [3.05, 3.63) is 140 Å². The van der Waals surface area contributed by atoms with Crippen molar-refractivity contribution in [2.45, 2.75) is 37.4 Å². The summed E-state index contributed by atoms with van der Waals surface area (Å²) in [5, 5.41) is 13.6. The van der Waals surface area contributed by atoms with Crippen LogP contribution in [0.2, 0.25) is 15.1 Å². The first kappa shape index (κ1) is 31.0. The second kappa shape index (κ2) is 13.6. The van der Waals surface area contributed by atoms with Gasteiger partial charge in [-0.1, -0.05) is 95.1 Å². The number of nitrogens with zero attached hydrogens (tertiary/aromatic N) is 3. The molecule has 1 unspecified atom stereocenters. The van der Waals surface area contributed by atoms with Crippen LogP contribution in [0.1, 0.15) is 35.2 Å². The Morgan fingerprint density at radius 3 is 2.56 bits per heavy atom. The number of carbonyl (C=O) groups excluding carboxylic acids is 1. The molecule has 7 nitrogen and oxygen atoms in total. The molecule has 4 aromatic carbocycles. The first-order chi connectivity index (χ1) is 21.7. The Labute approximate surface area is 280 Å². The first-order valence-electron chi connectivity index (χ1n) is 14.1. The number of aromatic nitrogens is 3. The number of fused-ring (bicyclic) bond motifs is 1. The Hall–Kier alpha value is -3.95. The molecule has 0 saturated heterocycles. The van der Waals surface area contributed by atoms with E-state index in [1.807, 2.05) is 92.7 Å². The van der Waals surface area contributed by atoms with E-state index in [2.05, 4.69) is 10.6 Å². The first-order valence-corrected chi connectivity index (χ1v) is 16.2. The molecule has 0 aliphatic carbocycles. The minimum absolute atomic E-state index is 0.249. The molecule has 0 bridgehead atoms. The lowest BCUT2D eigenvalue weighted by Gasteiger charge is -2.29. The van der Waals surface area contributed by atoms with Crippen LogP contribution < -0.4 is 15.4 Å². The van der Waals surface area contributed by atoms with E-state index in [9.17, 15) is 4.79 Å². The van der Waals surface area contributed by atoms with Crippen molar-refractivity contribution < 1.29 is 9.53 Å². The third-order valence-corrected chi connectivity index (χ3v) is 9.09. The number of hydrogen-bond donors (Lipinski definition) is 2. The van der Waals surface area contributed by atoms with Crippen LogP contribution in [0.5, 0.6) is 5.75 Å². The highest BCUT2D eigenvalue weighted by molar-refractivity contribution is 7.98. The number of allylic oxidation sites excluding steroid dienone is 1. The molecule has 1 atom stereocenters. The zero-order valence-electron chi connectivity index (χ0n) is 24.4. The van der Waals surface area contributed by atoms with Crippen LogP contribution in [0.25, 0.3) is 0 Å². The van der Waals surface area contributed by atoms with Crippen molar-refractivity contribution in [2.24, 2.45) is 0 Å². The Morgan fingerprint density at radius 2 is 1.76 bits per heavy atom. The van der Waals surface area contributed by atoms with Gasteiger partial charge in [-0.25, -0.2) is 4.68 Å². The van der Waals surface area contributed by atoms with Crippen LogP contribution in [0.4, 0.5) is 11.6 Å². The summed E-state index contributed by atoms with van der Waals surface area (Å²) in [5.74, 6) is 1.49. The molecule has 0 radical (unpaired) electrons. The molecule has 0 saturated carbocycles. The zero-order chi connectivity index (χ0) is 31.5. The molecular weight excluding hydrogens is 649 g/mol. The van der Waals surface area contributed by atoms with Gasteiger partial charge in [-0.3, -0.25) is 4.79 Å². The van der Waals surface area contributed by atoms with Crippen molar-refractivity contribution in [1.82, 2.24) is 14.8 Å². The fourth-order valence-electron chi connectivity index (χ4n) is 5.05. The van der Waals surface area contributed by atoms with Gasteiger partial charge in [0.15, 0.2) is 0 Å². The number of rotatable bonds is 9. The van der Waals surface area contributed by atoms with Gasteiger partial charge in [0, 0.05) is 37.8 Å². The molecule has 1 aliphatic rings. The van der Waals surface area contributed by atoms with Crippen molar-refractivity contribution in [1.29, 1.82) is 0 Å². The molecule has 0 fully saturated rings. The summed E-state index contributed by atoms with van der Waals surface area (Å²) in [6, 6.07) is 27.7. The molecule has 0 spiro atoms. The van der Waals surface area contributed by atoms with Crippen molar-refractivity contribution in [3.63, 3.8) is 0 Å². The lowest BCUT2D eigenvalue weighted by atomic mass is 9.94. The van der Waals surface area contributed by atoms with Crippen molar-refractivity contribution in [3.8, 4) is 5.75 Å². The average molecular weight is 677 g/mol. The quantitative estimate of drug-likeness (QED) is 0.152. The molecule has 6 rings (SSSR count). The third kappa shape index (κ3) is 7.15. The summed E-state index contributed by atoms with van der Waals surface area (Å²) < 4.78 is 7.90. The lowest BCUT2D eigenvalue weighted by molar-refractivity contribution is -0.113. The number of aryl methyl sites for hydroxylation is 1. The maximum absolute atomic E-state index is 14.0. The van der Waals surface area contributed by atoms with E-state index in [1.54, 1.807) is 16.8 Å². The summed E-state index contributed by atoms with van der Waals surface area (Å²) in [6.45, 7) is 4.10. The maximum atomic E-state index is 14.0. The number of anilines is 2. The molecule has 228 valence electrons. The number of benzene rings is 4. The molecule has 1 aromatic heterocycles. The van der Waals surface area contributed by atoms with Gasteiger partial charge in [0.2, 0.25) is 11.1 Å². The third-order valence-electron chi connectivity index (χ3n) is 7.25. The van der Waals surface area contributed by atoms with Gasteiger partial charge in [-0.2, -0.15) is 4.98 Å². The lowest BCUT2D eigenvalue weighted by Crippen LogP contribution is -2.31. The van der Waals surface area contributed by atoms with Gasteiger partial charge in [0.1, 0.15) is 18.4 Å². The van der Waals surface area contributed by atoms with E-state index in [1.165, 1.54) is 11.8 Å². The SMILES string of the molecule is CC1=C(C(=O)Nc2cccc(C)c2)C(c2cccc(OCc3ccc(Cl)cc3Cl)c2)n2nc(SCc3ccccc3Cl)nc2N1. The summed E-state index contributed by atoms with van der Waals surface area (Å²) >= 11 is 20.3. The zero-order valence-corrected chi connectivity index (χ0v) is 27.4. The Bertz CT molecular complexity index is 1930. The summed E-state index contributed by atoms with van der Waals surface area (Å²) in [4.78, 5) is 18.7. The van der Waals surface area contributed by atoms with Crippen LogP contribution in [0, 0.1) is 6.92 Å². The average Bonchev–Trinajstić information content (AvgIpc) is 3.42. The van der Waals surface area contributed by atoms with Gasteiger partial charge >= 0.3 is 0 Å². The van der Waals surface area contributed by atoms with Crippen LogP contribution in [-0.4, -0.2) is 20.7 Å². The van der Waals surface area contributed by atoms with E-state index in [-0.39, 0.29) is 12.5 Å². The molecule has 2 N–H and O–H groups in total.